The lowest BCUT2D eigenvalue weighted by Crippen LogP contribution is -2.22. The van der Waals surface area contributed by atoms with Gasteiger partial charge in [-0.25, -0.2) is 14.2 Å². The van der Waals surface area contributed by atoms with Gasteiger partial charge in [-0.2, -0.15) is 13.2 Å². The van der Waals surface area contributed by atoms with Crippen LogP contribution in [0.4, 0.5) is 17.6 Å². The van der Waals surface area contributed by atoms with Gasteiger partial charge < -0.3 is 9.52 Å². The van der Waals surface area contributed by atoms with Crippen molar-refractivity contribution in [2.45, 2.75) is 16.0 Å². The van der Waals surface area contributed by atoms with E-state index in [1.54, 1.807) is 0 Å². The van der Waals surface area contributed by atoms with Crippen molar-refractivity contribution in [3.05, 3.63) is 99.0 Å². The van der Waals surface area contributed by atoms with Crippen LogP contribution in [0.3, 0.4) is 0 Å². The Morgan fingerprint density at radius 2 is 1.74 bits per heavy atom. The maximum absolute atomic E-state index is 13.5. The second kappa shape index (κ2) is 8.27. The summed E-state index contributed by atoms with van der Waals surface area (Å²) in [6.45, 7) is 0. The highest BCUT2D eigenvalue weighted by atomic mass is 32.2. The summed E-state index contributed by atoms with van der Waals surface area (Å²) in [6.07, 6.45) is -3.33. The number of nitrogens with zero attached hydrogens (tertiary/aromatic N) is 2. The van der Waals surface area contributed by atoms with Gasteiger partial charge in [-0.05, 0) is 54.6 Å². The van der Waals surface area contributed by atoms with Crippen molar-refractivity contribution in [2.24, 2.45) is 0 Å². The van der Waals surface area contributed by atoms with Crippen LogP contribution in [0.2, 0.25) is 0 Å². The molecule has 3 heterocycles. The number of hydrogen-bond donors (Lipinski definition) is 1. The molecule has 0 bridgehead atoms. The third-order valence-corrected chi connectivity index (χ3v) is 6.26. The smallest absolute Gasteiger partial charge is 0.416 e. The standard InChI is InChI=1S/C24H12F4N2O4S/c25-13-6-8-15(9-7-13)35-20-18(31)17-19(34-23(20)33)16-5-2-10-29-21(16)30(22(17)32)14-4-1-3-12(11-14)24(26,27)28/h1-11,31H. The summed E-state index contributed by atoms with van der Waals surface area (Å²) < 4.78 is 59.5. The molecule has 1 N–H and O–H groups in total. The SMILES string of the molecule is O=c1oc2c(c(O)c1Sc1ccc(F)cc1)c(=O)n(-c1cccc(C(F)(F)F)c1)c1ncccc21. The van der Waals surface area contributed by atoms with Crippen molar-refractivity contribution in [1.29, 1.82) is 0 Å². The average molecular weight is 500 g/mol. The molecule has 0 saturated heterocycles. The normalized spacial score (nSPS) is 11.9. The van der Waals surface area contributed by atoms with Crippen LogP contribution < -0.4 is 11.2 Å². The van der Waals surface area contributed by atoms with E-state index in [9.17, 15) is 32.3 Å². The van der Waals surface area contributed by atoms with Crippen molar-refractivity contribution >= 4 is 33.8 Å². The van der Waals surface area contributed by atoms with Gasteiger partial charge in [0.15, 0.2) is 17.0 Å². The Morgan fingerprint density at radius 1 is 1.00 bits per heavy atom. The van der Waals surface area contributed by atoms with Crippen LogP contribution in [-0.2, 0) is 6.18 Å². The topological polar surface area (TPSA) is 85.3 Å². The van der Waals surface area contributed by atoms with E-state index in [1.807, 2.05) is 0 Å². The van der Waals surface area contributed by atoms with Gasteiger partial charge in [0.25, 0.3) is 5.56 Å². The van der Waals surface area contributed by atoms with Crippen LogP contribution in [0, 0.1) is 5.82 Å². The minimum absolute atomic E-state index is 0.0641. The minimum atomic E-state index is -4.66. The molecule has 0 aliphatic rings. The van der Waals surface area contributed by atoms with Crippen LogP contribution in [0.15, 0.2) is 90.7 Å². The van der Waals surface area contributed by atoms with Gasteiger partial charge in [-0.1, -0.05) is 17.8 Å². The number of aromatic nitrogens is 2. The Balaban J connectivity index is 1.84. The van der Waals surface area contributed by atoms with Gasteiger partial charge in [-0.15, -0.1) is 0 Å². The highest BCUT2D eigenvalue weighted by Gasteiger charge is 2.31. The number of rotatable bonds is 3. The molecular formula is C24H12F4N2O4S. The summed E-state index contributed by atoms with van der Waals surface area (Å²) >= 11 is 0.751. The molecule has 0 unspecified atom stereocenters. The van der Waals surface area contributed by atoms with Gasteiger partial charge in [0, 0.05) is 11.1 Å². The lowest BCUT2D eigenvalue weighted by atomic mass is 10.1. The molecule has 2 aromatic carbocycles. The van der Waals surface area contributed by atoms with Crippen LogP contribution in [0.5, 0.6) is 5.75 Å². The molecule has 0 amide bonds. The monoisotopic (exact) mass is 500 g/mol. The predicted molar refractivity (Wildman–Crippen MR) is 121 cm³/mol. The van der Waals surface area contributed by atoms with Gasteiger partial charge >= 0.3 is 11.8 Å². The van der Waals surface area contributed by atoms with E-state index in [4.69, 9.17) is 4.42 Å². The number of fused-ring (bicyclic) bond motifs is 3. The fourth-order valence-electron chi connectivity index (χ4n) is 3.63. The summed E-state index contributed by atoms with van der Waals surface area (Å²) in [5, 5.41) is 10.7. The molecule has 5 aromatic rings. The predicted octanol–water partition coefficient (Wildman–Crippen LogP) is 5.51. The van der Waals surface area contributed by atoms with Crippen molar-refractivity contribution in [1.82, 2.24) is 9.55 Å². The van der Waals surface area contributed by atoms with E-state index in [2.05, 4.69) is 4.98 Å². The summed E-state index contributed by atoms with van der Waals surface area (Å²) in [7, 11) is 0. The van der Waals surface area contributed by atoms with E-state index >= 15 is 0 Å². The number of aromatic hydroxyl groups is 1. The Labute approximate surface area is 197 Å². The van der Waals surface area contributed by atoms with Crippen LogP contribution in [-0.4, -0.2) is 14.7 Å². The lowest BCUT2D eigenvalue weighted by Gasteiger charge is -2.14. The lowest BCUT2D eigenvalue weighted by molar-refractivity contribution is -0.137. The first kappa shape index (κ1) is 22.7. The zero-order valence-electron chi connectivity index (χ0n) is 17.3. The van der Waals surface area contributed by atoms with Crippen LogP contribution in [0.1, 0.15) is 5.56 Å². The fraction of sp³-hybridized carbons (Fsp3) is 0.0417. The molecule has 0 spiro atoms. The summed E-state index contributed by atoms with van der Waals surface area (Å²) in [4.78, 5) is 30.4. The number of alkyl halides is 3. The van der Waals surface area contributed by atoms with Gasteiger partial charge in [0.2, 0.25) is 0 Å². The summed E-state index contributed by atoms with van der Waals surface area (Å²) in [5.74, 6) is -1.21. The van der Waals surface area contributed by atoms with Crippen molar-refractivity contribution < 1.29 is 27.1 Å². The molecule has 0 radical (unpaired) electrons. The Hall–Kier alpha value is -4.12. The first-order chi connectivity index (χ1) is 16.6. The van der Waals surface area contributed by atoms with E-state index in [1.165, 1.54) is 36.5 Å². The zero-order valence-corrected chi connectivity index (χ0v) is 18.2. The van der Waals surface area contributed by atoms with Crippen molar-refractivity contribution in [2.75, 3.05) is 0 Å². The summed E-state index contributed by atoms with van der Waals surface area (Å²) in [6, 6.07) is 12.1. The van der Waals surface area contributed by atoms with Crippen molar-refractivity contribution in [3.8, 4) is 11.4 Å². The van der Waals surface area contributed by atoms with E-state index < -0.39 is 39.9 Å². The van der Waals surface area contributed by atoms with Crippen molar-refractivity contribution in [3.63, 3.8) is 0 Å². The van der Waals surface area contributed by atoms with Gasteiger partial charge in [-0.3, -0.25) is 9.36 Å². The third-order valence-electron chi connectivity index (χ3n) is 5.18. The molecule has 5 rings (SSSR count). The van der Waals surface area contributed by atoms with E-state index in [0.717, 1.165) is 46.7 Å². The number of hydrogen-bond acceptors (Lipinski definition) is 6. The van der Waals surface area contributed by atoms with Gasteiger partial charge in [0.1, 0.15) is 16.1 Å². The molecular weight excluding hydrogens is 488 g/mol. The highest BCUT2D eigenvalue weighted by Crippen LogP contribution is 2.37. The molecule has 0 saturated carbocycles. The summed E-state index contributed by atoms with van der Waals surface area (Å²) in [5.41, 5.74) is -3.34. The molecule has 0 aliphatic heterocycles. The first-order valence-corrected chi connectivity index (χ1v) is 10.8. The minimum Gasteiger partial charge on any atom is -0.505 e. The Bertz CT molecular complexity index is 1730. The second-order valence-corrected chi connectivity index (χ2v) is 8.47. The maximum atomic E-state index is 13.5. The molecule has 0 aliphatic carbocycles. The molecule has 35 heavy (non-hydrogen) atoms. The molecule has 176 valence electrons. The van der Waals surface area contributed by atoms with Crippen LogP contribution >= 0.6 is 11.8 Å². The zero-order chi connectivity index (χ0) is 24.9. The number of benzene rings is 2. The Morgan fingerprint density at radius 3 is 2.46 bits per heavy atom. The second-order valence-electron chi connectivity index (χ2n) is 7.39. The number of pyridine rings is 2. The van der Waals surface area contributed by atoms with Gasteiger partial charge in [0.05, 0.1) is 16.6 Å². The molecule has 11 heteroatoms. The van der Waals surface area contributed by atoms with E-state index in [-0.39, 0.29) is 27.2 Å². The largest absolute Gasteiger partial charge is 0.505 e. The average Bonchev–Trinajstić information content (AvgIpc) is 2.82. The quantitative estimate of drug-likeness (QED) is 0.260. The molecule has 3 aromatic heterocycles. The maximum Gasteiger partial charge on any atom is 0.416 e. The fourth-order valence-corrected chi connectivity index (χ4v) is 4.46. The van der Waals surface area contributed by atoms with Crippen LogP contribution in [0.25, 0.3) is 27.7 Å². The third kappa shape index (κ3) is 3.93. The number of halogens is 4. The molecule has 0 atom stereocenters. The molecule has 0 fully saturated rings. The Kier molecular flexibility index (Phi) is 5.36. The molecule has 6 nitrogen and oxygen atoms in total. The van der Waals surface area contributed by atoms with E-state index in [0.29, 0.717) is 4.90 Å². The highest BCUT2D eigenvalue weighted by molar-refractivity contribution is 7.99. The first-order valence-electron chi connectivity index (χ1n) is 9.95.